The quantitative estimate of drug-likeness (QED) is 0.703. The van der Waals surface area contributed by atoms with Crippen LogP contribution in [0.25, 0.3) is 0 Å². The molecule has 1 unspecified atom stereocenters. The van der Waals surface area contributed by atoms with Gasteiger partial charge in [0.05, 0.1) is 19.0 Å². The monoisotopic (exact) mass is 277 g/mol. The summed E-state index contributed by atoms with van der Waals surface area (Å²) < 4.78 is 4.95. The summed E-state index contributed by atoms with van der Waals surface area (Å²) in [6.07, 6.45) is 6.20. The molecule has 1 aliphatic rings. The number of anilines is 1. The van der Waals surface area contributed by atoms with E-state index in [9.17, 15) is 9.59 Å². The van der Waals surface area contributed by atoms with Gasteiger partial charge in [-0.15, -0.1) is 0 Å². The number of methoxy groups -OCH3 is 1. The predicted molar refractivity (Wildman–Crippen MR) is 74.4 cm³/mol. The Labute approximate surface area is 117 Å². The molecule has 1 fully saturated rings. The van der Waals surface area contributed by atoms with Crippen LogP contribution in [0.2, 0.25) is 0 Å². The number of rotatable bonds is 8. The molecule has 6 heteroatoms. The number of hydrogen-bond donors (Lipinski definition) is 2. The second-order valence-corrected chi connectivity index (χ2v) is 4.94. The molecule has 0 aromatic carbocycles. The lowest BCUT2D eigenvalue weighted by molar-refractivity contribution is -0.121. The minimum absolute atomic E-state index is 0.218. The fourth-order valence-electron chi connectivity index (χ4n) is 1.99. The van der Waals surface area contributed by atoms with Gasteiger partial charge in [-0.25, -0.2) is 4.98 Å². The molecule has 0 saturated heterocycles. The van der Waals surface area contributed by atoms with Gasteiger partial charge in [-0.3, -0.25) is 9.59 Å². The number of ether oxygens (including phenoxy) is 1. The summed E-state index contributed by atoms with van der Waals surface area (Å²) in [6.45, 7) is 0. The van der Waals surface area contributed by atoms with Gasteiger partial charge in [-0.2, -0.15) is 0 Å². The van der Waals surface area contributed by atoms with E-state index in [4.69, 9.17) is 4.74 Å². The standard InChI is InChI=1S/C14H19N3O3/c1-20-13-7-5-11(8-15-13)17-14(19)12(16-9-18)6-4-10-2-3-10/h5,7-10,12H,2-4,6H2,1H3,(H,16,18)(H,17,19). The zero-order chi connectivity index (χ0) is 14.4. The molecule has 1 saturated carbocycles. The van der Waals surface area contributed by atoms with Gasteiger partial charge in [0.25, 0.3) is 0 Å². The molecule has 6 nitrogen and oxygen atoms in total. The zero-order valence-corrected chi connectivity index (χ0v) is 11.5. The Morgan fingerprint density at radius 2 is 2.35 bits per heavy atom. The van der Waals surface area contributed by atoms with Gasteiger partial charge in [-0.05, 0) is 24.8 Å². The topological polar surface area (TPSA) is 80.3 Å². The first-order valence-corrected chi connectivity index (χ1v) is 6.73. The first-order valence-electron chi connectivity index (χ1n) is 6.73. The van der Waals surface area contributed by atoms with Crippen molar-refractivity contribution in [2.24, 2.45) is 5.92 Å². The number of carbonyl (C=O) groups is 2. The van der Waals surface area contributed by atoms with E-state index in [0.29, 0.717) is 24.4 Å². The lowest BCUT2D eigenvalue weighted by Gasteiger charge is -2.15. The lowest BCUT2D eigenvalue weighted by atomic mass is 10.1. The molecule has 108 valence electrons. The second-order valence-electron chi connectivity index (χ2n) is 4.94. The highest BCUT2D eigenvalue weighted by Crippen LogP contribution is 2.33. The predicted octanol–water partition coefficient (Wildman–Crippen LogP) is 1.33. The van der Waals surface area contributed by atoms with E-state index in [2.05, 4.69) is 15.6 Å². The summed E-state index contributed by atoms with van der Waals surface area (Å²) in [5, 5.41) is 5.31. The van der Waals surface area contributed by atoms with Crippen molar-refractivity contribution in [2.75, 3.05) is 12.4 Å². The molecule has 1 aromatic rings. The van der Waals surface area contributed by atoms with Crippen LogP contribution in [0, 0.1) is 5.92 Å². The maximum Gasteiger partial charge on any atom is 0.246 e. The van der Waals surface area contributed by atoms with Gasteiger partial charge < -0.3 is 15.4 Å². The van der Waals surface area contributed by atoms with Crippen LogP contribution in [0.4, 0.5) is 5.69 Å². The number of amides is 2. The smallest absolute Gasteiger partial charge is 0.246 e. The van der Waals surface area contributed by atoms with Gasteiger partial charge >= 0.3 is 0 Å². The molecular formula is C14H19N3O3. The molecule has 2 N–H and O–H groups in total. The largest absolute Gasteiger partial charge is 0.481 e. The Morgan fingerprint density at radius 1 is 1.55 bits per heavy atom. The Morgan fingerprint density at radius 3 is 2.90 bits per heavy atom. The van der Waals surface area contributed by atoms with Gasteiger partial charge in [0.2, 0.25) is 18.2 Å². The van der Waals surface area contributed by atoms with Crippen molar-refractivity contribution in [2.45, 2.75) is 31.7 Å². The molecule has 0 radical (unpaired) electrons. The third-order valence-corrected chi connectivity index (χ3v) is 3.36. The summed E-state index contributed by atoms with van der Waals surface area (Å²) in [5.74, 6) is 0.991. The highest BCUT2D eigenvalue weighted by atomic mass is 16.5. The molecule has 1 heterocycles. The molecule has 0 bridgehead atoms. The summed E-state index contributed by atoms with van der Waals surface area (Å²) in [4.78, 5) is 26.7. The Balaban J connectivity index is 1.89. The molecule has 2 rings (SSSR count). The molecule has 1 atom stereocenters. The minimum Gasteiger partial charge on any atom is -0.481 e. The van der Waals surface area contributed by atoms with Crippen molar-refractivity contribution in [1.29, 1.82) is 0 Å². The van der Waals surface area contributed by atoms with Crippen LogP contribution in [0.15, 0.2) is 18.3 Å². The Kier molecular flexibility index (Phi) is 4.92. The molecule has 0 aliphatic heterocycles. The van der Waals surface area contributed by atoms with E-state index in [1.54, 1.807) is 12.1 Å². The summed E-state index contributed by atoms with van der Waals surface area (Å²) >= 11 is 0. The van der Waals surface area contributed by atoms with Crippen LogP contribution in [0.5, 0.6) is 5.88 Å². The zero-order valence-electron chi connectivity index (χ0n) is 11.5. The maximum absolute atomic E-state index is 12.1. The van der Waals surface area contributed by atoms with Gasteiger partial charge in [0.15, 0.2) is 0 Å². The minimum atomic E-state index is -0.491. The van der Waals surface area contributed by atoms with E-state index in [0.717, 1.165) is 12.3 Å². The van der Waals surface area contributed by atoms with E-state index >= 15 is 0 Å². The maximum atomic E-state index is 12.1. The second kappa shape index (κ2) is 6.88. The van der Waals surface area contributed by atoms with Crippen LogP contribution < -0.4 is 15.4 Å². The number of nitrogens with one attached hydrogen (secondary N) is 2. The molecule has 20 heavy (non-hydrogen) atoms. The SMILES string of the molecule is COc1ccc(NC(=O)C(CCC2CC2)NC=O)cn1. The van der Waals surface area contributed by atoms with Gasteiger partial charge in [0.1, 0.15) is 6.04 Å². The van der Waals surface area contributed by atoms with E-state index < -0.39 is 6.04 Å². The van der Waals surface area contributed by atoms with Crippen molar-refractivity contribution in [3.05, 3.63) is 18.3 Å². The van der Waals surface area contributed by atoms with Gasteiger partial charge in [0, 0.05) is 6.07 Å². The molecule has 2 amide bonds. The van der Waals surface area contributed by atoms with Crippen molar-refractivity contribution < 1.29 is 14.3 Å². The molecular weight excluding hydrogens is 258 g/mol. The number of nitrogens with zero attached hydrogens (tertiary/aromatic N) is 1. The fraction of sp³-hybridized carbons (Fsp3) is 0.500. The van der Waals surface area contributed by atoms with Crippen molar-refractivity contribution >= 4 is 18.0 Å². The van der Waals surface area contributed by atoms with E-state index in [-0.39, 0.29) is 5.91 Å². The Bertz CT molecular complexity index is 457. The average molecular weight is 277 g/mol. The summed E-state index contributed by atoms with van der Waals surface area (Å²) in [5.41, 5.74) is 0.583. The van der Waals surface area contributed by atoms with Crippen molar-refractivity contribution in [3.63, 3.8) is 0 Å². The number of aromatic nitrogens is 1. The van der Waals surface area contributed by atoms with Gasteiger partial charge in [-0.1, -0.05) is 12.8 Å². The van der Waals surface area contributed by atoms with Crippen molar-refractivity contribution in [3.8, 4) is 5.88 Å². The van der Waals surface area contributed by atoms with Crippen LogP contribution >= 0.6 is 0 Å². The number of carbonyl (C=O) groups excluding carboxylic acids is 2. The van der Waals surface area contributed by atoms with Crippen LogP contribution in [0.3, 0.4) is 0 Å². The third-order valence-electron chi connectivity index (χ3n) is 3.36. The number of hydrogen-bond acceptors (Lipinski definition) is 4. The Hall–Kier alpha value is -2.11. The lowest BCUT2D eigenvalue weighted by Crippen LogP contribution is -2.39. The van der Waals surface area contributed by atoms with Crippen molar-refractivity contribution in [1.82, 2.24) is 10.3 Å². The van der Waals surface area contributed by atoms with Crippen LogP contribution in [0.1, 0.15) is 25.7 Å². The number of pyridine rings is 1. The highest BCUT2D eigenvalue weighted by molar-refractivity contribution is 5.95. The molecule has 1 aliphatic carbocycles. The third kappa shape index (κ3) is 4.22. The normalized spacial score (nSPS) is 15.2. The van der Waals surface area contributed by atoms with Crippen LogP contribution in [-0.2, 0) is 9.59 Å². The summed E-state index contributed by atoms with van der Waals surface area (Å²) in [7, 11) is 1.53. The molecule has 0 spiro atoms. The first-order chi connectivity index (χ1) is 9.72. The average Bonchev–Trinajstić information content (AvgIpc) is 3.28. The van der Waals surface area contributed by atoms with E-state index in [1.165, 1.54) is 26.1 Å². The van der Waals surface area contributed by atoms with E-state index in [1.807, 2.05) is 0 Å². The van der Waals surface area contributed by atoms with Crippen LogP contribution in [-0.4, -0.2) is 30.5 Å². The summed E-state index contributed by atoms with van der Waals surface area (Å²) in [6, 6.07) is 2.89. The first kappa shape index (κ1) is 14.3. The fourth-order valence-corrected chi connectivity index (χ4v) is 1.99. The highest BCUT2D eigenvalue weighted by Gasteiger charge is 2.25. The molecule has 1 aromatic heterocycles.